The monoisotopic (exact) mass is 282 g/mol. The lowest BCUT2D eigenvalue weighted by Gasteiger charge is -2.00. The van der Waals surface area contributed by atoms with Gasteiger partial charge in [-0.2, -0.15) is 10.1 Å². The number of rotatable bonds is 3. The Kier molecular flexibility index (Phi) is 3.28. The van der Waals surface area contributed by atoms with Gasteiger partial charge in [0.05, 0.1) is 23.0 Å². The lowest BCUT2D eigenvalue weighted by atomic mass is 10.1. The Bertz CT molecular complexity index is 587. The molecule has 1 atom stereocenters. The van der Waals surface area contributed by atoms with Gasteiger partial charge in [-0.25, -0.2) is 0 Å². The summed E-state index contributed by atoms with van der Waals surface area (Å²) < 4.78 is 12.4. The summed E-state index contributed by atoms with van der Waals surface area (Å²) in [5.41, 5.74) is 1.71. The summed E-state index contributed by atoms with van der Waals surface area (Å²) in [6.07, 6.45) is 0.949. The van der Waals surface area contributed by atoms with Crippen LogP contribution in [0.1, 0.15) is 35.4 Å². The first-order chi connectivity index (χ1) is 9.15. The maximum absolute atomic E-state index is 6.11. The van der Waals surface area contributed by atoms with E-state index in [-0.39, 0.29) is 5.92 Å². The van der Waals surface area contributed by atoms with Gasteiger partial charge in [0.1, 0.15) is 6.54 Å². The van der Waals surface area contributed by atoms with Crippen LogP contribution < -0.4 is 0 Å². The summed E-state index contributed by atoms with van der Waals surface area (Å²) in [5.74, 6) is 1.52. The first kappa shape index (κ1) is 12.6. The molecule has 6 nitrogen and oxygen atoms in total. The van der Waals surface area contributed by atoms with Crippen LogP contribution in [0.5, 0.6) is 0 Å². The highest BCUT2D eigenvalue weighted by atomic mass is 35.5. The second kappa shape index (κ2) is 4.94. The van der Waals surface area contributed by atoms with Crippen molar-refractivity contribution in [1.82, 2.24) is 19.9 Å². The molecule has 0 N–H and O–H groups in total. The van der Waals surface area contributed by atoms with Gasteiger partial charge in [0, 0.05) is 12.5 Å². The van der Waals surface area contributed by atoms with Gasteiger partial charge in [-0.3, -0.25) is 4.68 Å². The van der Waals surface area contributed by atoms with Crippen molar-refractivity contribution in [3.05, 3.63) is 28.1 Å². The zero-order chi connectivity index (χ0) is 13.4. The van der Waals surface area contributed by atoms with Crippen LogP contribution in [0.25, 0.3) is 0 Å². The van der Waals surface area contributed by atoms with Crippen molar-refractivity contribution in [2.45, 2.75) is 32.7 Å². The van der Waals surface area contributed by atoms with E-state index in [1.807, 2.05) is 13.8 Å². The molecule has 0 saturated carbocycles. The van der Waals surface area contributed by atoms with Crippen LogP contribution in [0.15, 0.2) is 4.52 Å². The smallest absolute Gasteiger partial charge is 0.248 e. The molecule has 0 bridgehead atoms. The molecule has 19 heavy (non-hydrogen) atoms. The Labute approximate surface area is 115 Å². The maximum atomic E-state index is 6.11. The molecule has 1 fully saturated rings. The van der Waals surface area contributed by atoms with Crippen molar-refractivity contribution in [2.75, 3.05) is 13.2 Å². The number of halogens is 1. The number of hydrogen-bond acceptors (Lipinski definition) is 5. The summed E-state index contributed by atoms with van der Waals surface area (Å²) in [4.78, 5) is 4.41. The number of nitrogens with zero attached hydrogens (tertiary/aromatic N) is 4. The highest BCUT2D eigenvalue weighted by molar-refractivity contribution is 6.31. The molecule has 102 valence electrons. The maximum Gasteiger partial charge on any atom is 0.248 e. The minimum Gasteiger partial charge on any atom is -0.381 e. The van der Waals surface area contributed by atoms with Crippen LogP contribution in [0.4, 0.5) is 0 Å². The Hall–Kier alpha value is -1.40. The molecule has 3 heterocycles. The quantitative estimate of drug-likeness (QED) is 0.862. The molecule has 1 saturated heterocycles. The van der Waals surface area contributed by atoms with Gasteiger partial charge < -0.3 is 9.26 Å². The zero-order valence-corrected chi connectivity index (χ0v) is 11.6. The van der Waals surface area contributed by atoms with Crippen molar-refractivity contribution < 1.29 is 9.26 Å². The highest BCUT2D eigenvalue weighted by Gasteiger charge is 2.23. The van der Waals surface area contributed by atoms with E-state index in [0.717, 1.165) is 30.2 Å². The van der Waals surface area contributed by atoms with E-state index >= 15 is 0 Å². The topological polar surface area (TPSA) is 66.0 Å². The van der Waals surface area contributed by atoms with E-state index < -0.39 is 0 Å². The molecule has 0 aromatic carbocycles. The predicted octanol–water partition coefficient (Wildman–Crippen LogP) is 2.09. The van der Waals surface area contributed by atoms with Gasteiger partial charge in [-0.1, -0.05) is 16.8 Å². The molecular weight excluding hydrogens is 268 g/mol. The van der Waals surface area contributed by atoms with Gasteiger partial charge >= 0.3 is 0 Å². The third-order valence-corrected chi connectivity index (χ3v) is 3.90. The molecule has 2 aromatic heterocycles. The Balaban J connectivity index is 1.78. The fourth-order valence-electron chi connectivity index (χ4n) is 2.19. The SMILES string of the molecule is Cc1nn(Cc2nc(C3CCOC3)no2)c(C)c1Cl. The van der Waals surface area contributed by atoms with Crippen molar-refractivity contribution in [2.24, 2.45) is 0 Å². The normalized spacial score (nSPS) is 19.2. The summed E-state index contributed by atoms with van der Waals surface area (Å²) in [6.45, 7) is 5.68. The summed E-state index contributed by atoms with van der Waals surface area (Å²) in [6, 6.07) is 0. The Morgan fingerprint density at radius 2 is 2.26 bits per heavy atom. The largest absolute Gasteiger partial charge is 0.381 e. The lowest BCUT2D eigenvalue weighted by Crippen LogP contribution is -2.05. The molecule has 1 aliphatic heterocycles. The molecule has 0 aliphatic carbocycles. The predicted molar refractivity (Wildman–Crippen MR) is 68.3 cm³/mol. The fourth-order valence-corrected chi connectivity index (χ4v) is 2.33. The Morgan fingerprint density at radius 3 is 2.89 bits per heavy atom. The zero-order valence-electron chi connectivity index (χ0n) is 10.9. The standard InChI is InChI=1S/C12H15ClN4O2/c1-7-11(13)8(2)17(15-7)5-10-14-12(16-19-10)9-3-4-18-6-9/h9H,3-6H2,1-2H3. The van der Waals surface area contributed by atoms with E-state index in [1.54, 1.807) is 4.68 Å². The Morgan fingerprint density at radius 1 is 1.42 bits per heavy atom. The van der Waals surface area contributed by atoms with Gasteiger partial charge in [0.2, 0.25) is 5.89 Å². The molecule has 1 unspecified atom stereocenters. The molecule has 0 spiro atoms. The van der Waals surface area contributed by atoms with E-state index in [4.69, 9.17) is 20.9 Å². The van der Waals surface area contributed by atoms with Gasteiger partial charge in [0.25, 0.3) is 0 Å². The van der Waals surface area contributed by atoms with Crippen molar-refractivity contribution >= 4 is 11.6 Å². The van der Waals surface area contributed by atoms with Crippen LogP contribution in [0, 0.1) is 13.8 Å². The minimum absolute atomic E-state index is 0.251. The molecule has 1 aliphatic rings. The molecule has 2 aromatic rings. The van der Waals surface area contributed by atoms with Crippen molar-refractivity contribution in [1.29, 1.82) is 0 Å². The van der Waals surface area contributed by atoms with Crippen LogP contribution in [0.2, 0.25) is 5.02 Å². The summed E-state index contributed by atoms with van der Waals surface area (Å²) >= 11 is 6.11. The summed E-state index contributed by atoms with van der Waals surface area (Å²) in [5, 5.41) is 9.04. The van der Waals surface area contributed by atoms with Crippen molar-refractivity contribution in [3.63, 3.8) is 0 Å². The molecular formula is C12H15ClN4O2. The average Bonchev–Trinajstić information content (AvgIpc) is 3.09. The number of ether oxygens (including phenoxy) is 1. The number of aryl methyl sites for hydroxylation is 1. The van der Waals surface area contributed by atoms with Gasteiger partial charge in [0.15, 0.2) is 5.82 Å². The average molecular weight is 283 g/mol. The van der Waals surface area contributed by atoms with E-state index in [0.29, 0.717) is 24.1 Å². The van der Waals surface area contributed by atoms with E-state index in [2.05, 4.69) is 15.2 Å². The third kappa shape index (κ3) is 2.37. The van der Waals surface area contributed by atoms with Crippen LogP contribution in [-0.2, 0) is 11.3 Å². The van der Waals surface area contributed by atoms with E-state index in [9.17, 15) is 0 Å². The number of hydrogen-bond donors (Lipinski definition) is 0. The third-order valence-electron chi connectivity index (χ3n) is 3.36. The summed E-state index contributed by atoms with van der Waals surface area (Å²) in [7, 11) is 0. The fraction of sp³-hybridized carbons (Fsp3) is 0.583. The first-order valence-corrected chi connectivity index (χ1v) is 6.62. The van der Waals surface area contributed by atoms with Crippen LogP contribution >= 0.6 is 11.6 Å². The molecule has 0 amide bonds. The number of aromatic nitrogens is 4. The highest BCUT2D eigenvalue weighted by Crippen LogP contribution is 2.23. The van der Waals surface area contributed by atoms with Crippen LogP contribution in [0.3, 0.4) is 0 Å². The molecule has 0 radical (unpaired) electrons. The van der Waals surface area contributed by atoms with Crippen molar-refractivity contribution in [3.8, 4) is 0 Å². The second-order valence-corrected chi connectivity index (χ2v) is 5.13. The van der Waals surface area contributed by atoms with Crippen LogP contribution in [-0.4, -0.2) is 33.1 Å². The second-order valence-electron chi connectivity index (χ2n) is 4.75. The van der Waals surface area contributed by atoms with Gasteiger partial charge in [-0.05, 0) is 20.3 Å². The lowest BCUT2D eigenvalue weighted by molar-refractivity contribution is 0.192. The first-order valence-electron chi connectivity index (χ1n) is 6.25. The molecule has 7 heteroatoms. The van der Waals surface area contributed by atoms with Gasteiger partial charge in [-0.15, -0.1) is 0 Å². The van der Waals surface area contributed by atoms with E-state index in [1.165, 1.54) is 0 Å². The minimum atomic E-state index is 0.251. The molecule has 3 rings (SSSR count).